The number of hydrogen-bond donors (Lipinski definition) is 3. The number of nitrogens with zero attached hydrogens (tertiary/aromatic N) is 1. The molecule has 0 radical (unpaired) electrons. The Bertz CT molecular complexity index is 668. The minimum absolute atomic E-state index is 0.00805. The average molecular weight is 317 g/mol. The molecule has 7 heteroatoms. The maximum atomic E-state index is 11.9. The lowest BCUT2D eigenvalue weighted by Gasteiger charge is -2.22. The Kier molecular flexibility index (Phi) is 5.37. The lowest BCUT2D eigenvalue weighted by Crippen LogP contribution is -2.40. The second-order valence-electron chi connectivity index (χ2n) is 5.21. The topological polar surface area (TPSA) is 94.8 Å². The van der Waals surface area contributed by atoms with Crippen LogP contribution in [0, 0.1) is 0 Å². The molecule has 2 amide bonds. The van der Waals surface area contributed by atoms with E-state index >= 15 is 0 Å². The third-order valence-electron chi connectivity index (χ3n) is 3.26. The Hall–Kier alpha value is -2.80. The van der Waals surface area contributed by atoms with Crippen LogP contribution in [0.4, 0.5) is 5.69 Å². The Morgan fingerprint density at radius 3 is 2.61 bits per heavy atom. The number of carbonyl (C=O) groups excluding carboxylic acids is 2. The van der Waals surface area contributed by atoms with Crippen molar-refractivity contribution in [1.29, 1.82) is 0 Å². The van der Waals surface area contributed by atoms with Gasteiger partial charge < -0.3 is 20.2 Å². The van der Waals surface area contributed by atoms with Gasteiger partial charge in [0.1, 0.15) is 11.5 Å². The molecular weight excluding hydrogens is 298 g/mol. The number of carbonyl (C=O) groups is 2. The summed E-state index contributed by atoms with van der Waals surface area (Å²) in [6, 6.07) is 9.38. The molecule has 1 atom stereocenters. The van der Waals surface area contributed by atoms with E-state index < -0.39 is 11.8 Å². The molecule has 1 heterocycles. The molecule has 0 aliphatic rings. The van der Waals surface area contributed by atoms with E-state index in [1.165, 1.54) is 12.1 Å². The smallest absolute Gasteiger partial charge is 0.313 e. The number of aromatic hydroxyl groups is 1. The van der Waals surface area contributed by atoms with Gasteiger partial charge in [-0.3, -0.25) is 14.5 Å². The number of benzene rings is 1. The predicted octanol–water partition coefficient (Wildman–Crippen LogP) is 1.34. The van der Waals surface area contributed by atoms with Crippen molar-refractivity contribution in [3.8, 4) is 5.75 Å². The maximum Gasteiger partial charge on any atom is 0.313 e. The van der Waals surface area contributed by atoms with Crippen LogP contribution in [-0.4, -0.2) is 42.5 Å². The minimum atomic E-state index is -0.799. The standard InChI is InChI=1S/C16H19N3O4/c1-19(2)13(14-7-4-8-23-14)10-17-15(21)16(22)18-11-5-3-6-12(20)9-11/h3-9,13,20H,10H2,1-2H3,(H,17,21)(H,18,22)/t13-/m1/s1. The number of phenolic OH excluding ortho intramolecular Hbond substituents is 1. The van der Waals surface area contributed by atoms with Crippen LogP contribution < -0.4 is 10.6 Å². The van der Waals surface area contributed by atoms with E-state index in [9.17, 15) is 14.7 Å². The molecule has 0 bridgehead atoms. The average Bonchev–Trinajstić information content (AvgIpc) is 3.01. The Labute approximate surface area is 133 Å². The van der Waals surface area contributed by atoms with E-state index in [0.717, 1.165) is 0 Å². The maximum absolute atomic E-state index is 11.9. The summed E-state index contributed by atoms with van der Waals surface area (Å²) in [6.45, 7) is 0.229. The molecule has 3 N–H and O–H groups in total. The van der Waals surface area contributed by atoms with Crippen LogP contribution in [0.1, 0.15) is 11.8 Å². The molecule has 0 saturated heterocycles. The second-order valence-corrected chi connectivity index (χ2v) is 5.21. The SMILES string of the molecule is CN(C)[C@H](CNC(=O)C(=O)Nc1cccc(O)c1)c1ccco1. The zero-order valence-electron chi connectivity index (χ0n) is 12.9. The molecule has 7 nitrogen and oxygen atoms in total. The van der Waals surface area contributed by atoms with Gasteiger partial charge in [-0.25, -0.2) is 0 Å². The van der Waals surface area contributed by atoms with Crippen molar-refractivity contribution < 1.29 is 19.1 Å². The van der Waals surface area contributed by atoms with E-state index in [2.05, 4.69) is 10.6 Å². The molecule has 0 saturated carbocycles. The monoisotopic (exact) mass is 317 g/mol. The molecule has 0 aliphatic heterocycles. The van der Waals surface area contributed by atoms with Gasteiger partial charge in [-0.15, -0.1) is 0 Å². The quantitative estimate of drug-likeness (QED) is 0.724. The number of furan rings is 1. The molecule has 122 valence electrons. The van der Waals surface area contributed by atoms with Gasteiger partial charge >= 0.3 is 11.8 Å². The highest BCUT2D eigenvalue weighted by Gasteiger charge is 2.20. The van der Waals surface area contributed by atoms with Gasteiger partial charge in [0, 0.05) is 18.3 Å². The summed E-state index contributed by atoms with van der Waals surface area (Å²) in [7, 11) is 3.71. The molecule has 23 heavy (non-hydrogen) atoms. The van der Waals surface area contributed by atoms with Crippen molar-refractivity contribution in [2.75, 3.05) is 26.0 Å². The summed E-state index contributed by atoms with van der Waals surface area (Å²) in [5.74, 6) is -0.850. The molecule has 0 unspecified atom stereocenters. The van der Waals surface area contributed by atoms with E-state index in [0.29, 0.717) is 11.4 Å². The summed E-state index contributed by atoms with van der Waals surface area (Å²) in [4.78, 5) is 25.6. The summed E-state index contributed by atoms with van der Waals surface area (Å²) in [6.07, 6.45) is 1.56. The first-order valence-corrected chi connectivity index (χ1v) is 7.05. The lowest BCUT2D eigenvalue weighted by molar-refractivity contribution is -0.136. The number of anilines is 1. The Morgan fingerprint density at radius 1 is 1.22 bits per heavy atom. The molecule has 1 aromatic carbocycles. The Morgan fingerprint density at radius 2 is 2.00 bits per heavy atom. The van der Waals surface area contributed by atoms with Crippen molar-refractivity contribution in [2.24, 2.45) is 0 Å². The van der Waals surface area contributed by atoms with Crippen LogP contribution in [0.25, 0.3) is 0 Å². The summed E-state index contributed by atoms with van der Waals surface area (Å²) < 4.78 is 5.34. The number of rotatable bonds is 5. The molecule has 1 aromatic heterocycles. The van der Waals surface area contributed by atoms with Crippen molar-refractivity contribution in [1.82, 2.24) is 10.2 Å². The van der Waals surface area contributed by atoms with E-state index in [-0.39, 0.29) is 18.3 Å². The highest BCUT2D eigenvalue weighted by molar-refractivity contribution is 6.39. The predicted molar refractivity (Wildman–Crippen MR) is 84.9 cm³/mol. The molecule has 0 spiro atoms. The lowest BCUT2D eigenvalue weighted by atomic mass is 10.2. The van der Waals surface area contributed by atoms with E-state index in [1.54, 1.807) is 24.5 Å². The Balaban J connectivity index is 1.91. The van der Waals surface area contributed by atoms with Gasteiger partial charge in [-0.2, -0.15) is 0 Å². The van der Waals surface area contributed by atoms with Crippen molar-refractivity contribution in [2.45, 2.75) is 6.04 Å². The molecular formula is C16H19N3O4. The number of hydrogen-bond acceptors (Lipinski definition) is 5. The van der Waals surface area contributed by atoms with Crippen LogP contribution in [-0.2, 0) is 9.59 Å². The summed E-state index contributed by atoms with van der Waals surface area (Å²) in [5.41, 5.74) is 0.348. The third kappa shape index (κ3) is 4.58. The van der Waals surface area contributed by atoms with E-state index in [4.69, 9.17) is 4.42 Å². The first kappa shape index (κ1) is 16.6. The van der Waals surface area contributed by atoms with Crippen molar-refractivity contribution in [3.05, 3.63) is 48.4 Å². The van der Waals surface area contributed by atoms with Crippen molar-refractivity contribution in [3.63, 3.8) is 0 Å². The largest absolute Gasteiger partial charge is 0.508 e. The van der Waals surface area contributed by atoms with Gasteiger partial charge in [0.05, 0.1) is 12.3 Å². The van der Waals surface area contributed by atoms with Crippen LogP contribution in [0.15, 0.2) is 47.1 Å². The molecule has 0 aliphatic carbocycles. The van der Waals surface area contributed by atoms with Gasteiger partial charge in [0.25, 0.3) is 0 Å². The van der Waals surface area contributed by atoms with E-state index in [1.807, 2.05) is 25.1 Å². The van der Waals surface area contributed by atoms with Crippen LogP contribution in [0.3, 0.4) is 0 Å². The minimum Gasteiger partial charge on any atom is -0.508 e. The van der Waals surface area contributed by atoms with Gasteiger partial charge in [0.2, 0.25) is 0 Å². The molecule has 2 rings (SSSR count). The third-order valence-corrected chi connectivity index (χ3v) is 3.26. The number of likely N-dealkylation sites (N-methyl/N-ethyl adjacent to an activating group) is 1. The van der Waals surface area contributed by atoms with Crippen LogP contribution >= 0.6 is 0 Å². The fourth-order valence-electron chi connectivity index (χ4n) is 2.06. The molecule has 0 fully saturated rings. The van der Waals surface area contributed by atoms with Crippen molar-refractivity contribution >= 4 is 17.5 Å². The first-order valence-electron chi connectivity index (χ1n) is 7.05. The van der Waals surface area contributed by atoms with Gasteiger partial charge in [0.15, 0.2) is 0 Å². The highest BCUT2D eigenvalue weighted by Crippen LogP contribution is 2.18. The summed E-state index contributed by atoms with van der Waals surface area (Å²) >= 11 is 0. The highest BCUT2D eigenvalue weighted by atomic mass is 16.3. The van der Waals surface area contributed by atoms with Gasteiger partial charge in [-0.05, 0) is 38.4 Å². The number of amides is 2. The van der Waals surface area contributed by atoms with Gasteiger partial charge in [-0.1, -0.05) is 6.07 Å². The fourth-order valence-corrected chi connectivity index (χ4v) is 2.06. The zero-order chi connectivity index (χ0) is 16.8. The van der Waals surface area contributed by atoms with Crippen LogP contribution in [0.5, 0.6) is 5.75 Å². The number of nitrogens with one attached hydrogen (secondary N) is 2. The normalized spacial score (nSPS) is 12.0. The number of phenols is 1. The first-order chi connectivity index (χ1) is 11.0. The zero-order valence-corrected chi connectivity index (χ0v) is 12.9. The fraction of sp³-hybridized carbons (Fsp3) is 0.250. The molecule has 2 aromatic rings. The van der Waals surface area contributed by atoms with Crippen LogP contribution in [0.2, 0.25) is 0 Å². The summed E-state index contributed by atoms with van der Waals surface area (Å²) in [5, 5.41) is 14.3. The second kappa shape index (κ2) is 7.46.